The summed E-state index contributed by atoms with van der Waals surface area (Å²) in [6, 6.07) is 5.83. The van der Waals surface area contributed by atoms with E-state index in [1.54, 1.807) is 6.07 Å². The van der Waals surface area contributed by atoms with Crippen LogP contribution in [0, 0.1) is 11.6 Å². The average Bonchev–Trinajstić information content (AvgIpc) is 2.77. The third-order valence-electron chi connectivity index (χ3n) is 2.51. The lowest BCUT2D eigenvalue weighted by atomic mass is 10.2. The van der Waals surface area contributed by atoms with Crippen molar-refractivity contribution in [2.75, 3.05) is 0 Å². The molecule has 0 atom stereocenters. The van der Waals surface area contributed by atoms with Crippen LogP contribution in [-0.2, 0) is 0 Å². The number of fused-ring (bicyclic) bond motifs is 1. The van der Waals surface area contributed by atoms with E-state index in [-0.39, 0.29) is 17.0 Å². The van der Waals surface area contributed by atoms with Crippen LogP contribution in [0.4, 0.5) is 8.78 Å². The van der Waals surface area contributed by atoms with Gasteiger partial charge in [-0.1, -0.05) is 12.1 Å². The number of hydrogen-bond donors (Lipinski definition) is 1. The fourth-order valence-electron chi connectivity index (χ4n) is 1.71. The zero-order chi connectivity index (χ0) is 12.7. The summed E-state index contributed by atoms with van der Waals surface area (Å²) in [4.78, 5) is 16.5. The lowest BCUT2D eigenvalue weighted by Gasteiger charge is -1.96. The quantitative estimate of drug-likeness (QED) is 0.719. The smallest absolute Gasteiger partial charge is 0.345 e. The Morgan fingerprint density at radius 3 is 2.83 bits per heavy atom. The van der Waals surface area contributed by atoms with Gasteiger partial charge in [0.2, 0.25) is 0 Å². The second-order valence-corrected chi connectivity index (χ2v) is 3.68. The topological polar surface area (TPSA) is 58.9 Å². The Morgan fingerprint density at radius 2 is 2.06 bits per heavy atom. The number of aromatic nitrogens is 2. The first kappa shape index (κ1) is 10.6. The first-order valence-electron chi connectivity index (χ1n) is 5.08. The Balaban J connectivity index is 2.29. The van der Waals surface area contributed by atoms with Crippen LogP contribution in [-0.4, -0.2) is 9.97 Å². The van der Waals surface area contributed by atoms with Gasteiger partial charge in [0.1, 0.15) is 5.69 Å². The SMILES string of the molecule is O=c1ncc(F)c(-c2cc3cccc(F)c3o2)[nH]1. The summed E-state index contributed by atoms with van der Waals surface area (Å²) < 4.78 is 32.1. The van der Waals surface area contributed by atoms with E-state index in [9.17, 15) is 13.6 Å². The molecule has 90 valence electrons. The first-order valence-corrected chi connectivity index (χ1v) is 5.08. The van der Waals surface area contributed by atoms with E-state index in [0.29, 0.717) is 5.39 Å². The zero-order valence-corrected chi connectivity index (χ0v) is 8.91. The van der Waals surface area contributed by atoms with Crippen molar-refractivity contribution in [2.24, 2.45) is 0 Å². The highest BCUT2D eigenvalue weighted by Gasteiger charge is 2.14. The average molecular weight is 248 g/mol. The van der Waals surface area contributed by atoms with Gasteiger partial charge in [-0.2, -0.15) is 4.98 Å². The van der Waals surface area contributed by atoms with Crippen LogP contribution >= 0.6 is 0 Å². The predicted molar refractivity (Wildman–Crippen MR) is 60.0 cm³/mol. The van der Waals surface area contributed by atoms with Crippen molar-refractivity contribution in [1.29, 1.82) is 0 Å². The largest absolute Gasteiger partial charge is 0.451 e. The summed E-state index contributed by atoms with van der Waals surface area (Å²) in [6.45, 7) is 0. The molecule has 0 unspecified atom stereocenters. The standard InChI is InChI=1S/C12H6F2N2O2/c13-7-3-1-2-6-4-9(18-11(6)7)10-8(14)5-15-12(17)16-10/h1-5H,(H,15,16,17). The molecule has 2 aromatic heterocycles. The monoisotopic (exact) mass is 248 g/mol. The summed E-state index contributed by atoms with van der Waals surface area (Å²) in [5.41, 5.74) is -0.831. The lowest BCUT2D eigenvalue weighted by Crippen LogP contribution is -2.11. The number of para-hydroxylation sites is 1. The second kappa shape index (κ2) is 3.76. The maximum absolute atomic E-state index is 13.5. The number of nitrogens with one attached hydrogen (secondary N) is 1. The van der Waals surface area contributed by atoms with Crippen LogP contribution in [0.25, 0.3) is 22.4 Å². The lowest BCUT2D eigenvalue weighted by molar-refractivity contribution is 0.557. The Kier molecular flexibility index (Phi) is 2.22. The number of H-pyrrole nitrogens is 1. The molecule has 0 fully saturated rings. The summed E-state index contributed by atoms with van der Waals surface area (Å²) >= 11 is 0. The number of aromatic amines is 1. The molecule has 18 heavy (non-hydrogen) atoms. The highest BCUT2D eigenvalue weighted by atomic mass is 19.1. The van der Waals surface area contributed by atoms with Crippen LogP contribution in [0.3, 0.4) is 0 Å². The molecule has 6 heteroatoms. The molecule has 0 bridgehead atoms. The molecule has 4 nitrogen and oxygen atoms in total. The van der Waals surface area contributed by atoms with Crippen LogP contribution in [0.2, 0.25) is 0 Å². The molecule has 0 radical (unpaired) electrons. The van der Waals surface area contributed by atoms with Crippen molar-refractivity contribution < 1.29 is 13.2 Å². The summed E-state index contributed by atoms with van der Waals surface area (Å²) in [6.07, 6.45) is 0.789. The Bertz CT molecular complexity index is 792. The maximum atomic E-state index is 13.5. The maximum Gasteiger partial charge on any atom is 0.345 e. The molecule has 0 saturated carbocycles. The van der Waals surface area contributed by atoms with Gasteiger partial charge in [0, 0.05) is 5.39 Å². The van der Waals surface area contributed by atoms with E-state index in [4.69, 9.17) is 4.42 Å². The summed E-state index contributed by atoms with van der Waals surface area (Å²) in [5.74, 6) is -1.24. The normalized spacial score (nSPS) is 11.0. The Hall–Kier alpha value is -2.50. The molecular weight excluding hydrogens is 242 g/mol. The van der Waals surface area contributed by atoms with Crippen molar-refractivity contribution >= 4 is 11.0 Å². The fourth-order valence-corrected chi connectivity index (χ4v) is 1.71. The number of halogens is 2. The van der Waals surface area contributed by atoms with Gasteiger partial charge in [-0.3, -0.25) is 0 Å². The molecule has 0 aliphatic rings. The molecule has 1 aromatic carbocycles. The van der Waals surface area contributed by atoms with Gasteiger partial charge in [-0.25, -0.2) is 13.6 Å². The van der Waals surface area contributed by atoms with E-state index in [0.717, 1.165) is 6.20 Å². The third-order valence-corrected chi connectivity index (χ3v) is 2.51. The van der Waals surface area contributed by atoms with E-state index < -0.39 is 17.3 Å². The highest BCUT2D eigenvalue weighted by Crippen LogP contribution is 2.28. The van der Waals surface area contributed by atoms with Gasteiger partial charge in [0.15, 0.2) is 23.0 Å². The first-order chi connectivity index (χ1) is 8.65. The molecule has 0 saturated heterocycles. The van der Waals surface area contributed by atoms with E-state index in [1.807, 2.05) is 0 Å². The fraction of sp³-hybridized carbons (Fsp3) is 0. The highest BCUT2D eigenvalue weighted by molar-refractivity contribution is 5.82. The van der Waals surface area contributed by atoms with Crippen LogP contribution in [0.5, 0.6) is 0 Å². The Labute approximate surface area is 98.9 Å². The minimum Gasteiger partial charge on any atom is -0.451 e. The van der Waals surface area contributed by atoms with Gasteiger partial charge in [-0.15, -0.1) is 0 Å². The molecule has 0 spiro atoms. The Morgan fingerprint density at radius 1 is 1.22 bits per heavy atom. The van der Waals surface area contributed by atoms with Crippen molar-refractivity contribution in [3.05, 3.63) is 52.6 Å². The number of hydrogen-bond acceptors (Lipinski definition) is 3. The molecule has 0 aliphatic heterocycles. The zero-order valence-electron chi connectivity index (χ0n) is 8.91. The van der Waals surface area contributed by atoms with Gasteiger partial charge in [0.05, 0.1) is 6.20 Å². The number of benzene rings is 1. The molecular formula is C12H6F2N2O2. The molecule has 0 aliphatic carbocycles. The molecule has 1 N–H and O–H groups in total. The molecule has 3 aromatic rings. The van der Waals surface area contributed by atoms with Crippen molar-refractivity contribution in [3.8, 4) is 11.5 Å². The summed E-state index contributed by atoms with van der Waals surface area (Å²) in [7, 11) is 0. The minimum absolute atomic E-state index is 0.0181. The van der Waals surface area contributed by atoms with Crippen molar-refractivity contribution in [1.82, 2.24) is 9.97 Å². The molecule has 2 heterocycles. The minimum atomic E-state index is -0.742. The van der Waals surface area contributed by atoms with Gasteiger partial charge < -0.3 is 9.40 Å². The number of nitrogens with zero attached hydrogens (tertiary/aromatic N) is 1. The van der Waals surface area contributed by atoms with Crippen LogP contribution < -0.4 is 5.69 Å². The van der Waals surface area contributed by atoms with Gasteiger partial charge in [0.25, 0.3) is 0 Å². The van der Waals surface area contributed by atoms with Crippen LogP contribution in [0.15, 0.2) is 39.7 Å². The van der Waals surface area contributed by atoms with E-state index in [1.165, 1.54) is 18.2 Å². The summed E-state index contributed by atoms with van der Waals surface area (Å²) in [5, 5.41) is 0.488. The number of furan rings is 1. The van der Waals surface area contributed by atoms with Crippen molar-refractivity contribution in [3.63, 3.8) is 0 Å². The second-order valence-electron chi connectivity index (χ2n) is 3.68. The van der Waals surface area contributed by atoms with E-state index in [2.05, 4.69) is 9.97 Å². The van der Waals surface area contributed by atoms with Gasteiger partial charge >= 0.3 is 5.69 Å². The van der Waals surface area contributed by atoms with Crippen LogP contribution in [0.1, 0.15) is 0 Å². The van der Waals surface area contributed by atoms with Gasteiger partial charge in [-0.05, 0) is 12.1 Å². The molecule has 0 amide bonds. The number of rotatable bonds is 1. The molecule has 3 rings (SSSR count). The van der Waals surface area contributed by atoms with Crippen molar-refractivity contribution in [2.45, 2.75) is 0 Å². The van der Waals surface area contributed by atoms with E-state index >= 15 is 0 Å². The predicted octanol–water partition coefficient (Wildman–Crippen LogP) is 2.46. The third kappa shape index (κ3) is 1.58.